The monoisotopic (exact) mass is 343 g/mol. The van der Waals surface area contributed by atoms with Gasteiger partial charge in [-0.2, -0.15) is 0 Å². The largest absolute Gasteiger partial charge is 0.378 e. The van der Waals surface area contributed by atoms with Crippen molar-refractivity contribution in [3.8, 4) is 0 Å². The Morgan fingerprint density at radius 1 is 1.32 bits per heavy atom. The van der Waals surface area contributed by atoms with Crippen molar-refractivity contribution in [1.29, 1.82) is 0 Å². The van der Waals surface area contributed by atoms with Gasteiger partial charge in [-0.3, -0.25) is 9.78 Å². The number of morpholine rings is 1. The van der Waals surface area contributed by atoms with E-state index in [1.54, 1.807) is 17.0 Å². The molecule has 1 aliphatic heterocycles. The molecule has 1 saturated heterocycles. The van der Waals surface area contributed by atoms with Crippen LogP contribution in [0.5, 0.6) is 0 Å². The Hall–Kier alpha value is -2.47. The number of carbonyl (C=O) groups is 1. The highest BCUT2D eigenvalue weighted by molar-refractivity contribution is 5.94. The predicted molar refractivity (Wildman–Crippen MR) is 94.3 cm³/mol. The number of amides is 1. The summed E-state index contributed by atoms with van der Waals surface area (Å²) >= 11 is 0. The van der Waals surface area contributed by atoms with Crippen LogP contribution in [0.4, 0.5) is 10.1 Å². The summed E-state index contributed by atoms with van der Waals surface area (Å²) in [4.78, 5) is 20.8. The minimum atomic E-state index is -0.501. The van der Waals surface area contributed by atoms with Crippen LogP contribution in [0.2, 0.25) is 0 Å². The lowest BCUT2D eigenvalue weighted by atomic mass is 10.1. The van der Waals surface area contributed by atoms with Gasteiger partial charge in [0, 0.05) is 32.0 Å². The smallest absolute Gasteiger partial charge is 0.257 e. The molecule has 1 aliphatic rings. The van der Waals surface area contributed by atoms with E-state index < -0.39 is 5.82 Å². The highest BCUT2D eigenvalue weighted by atomic mass is 19.1. The molecule has 0 bridgehead atoms. The topological polar surface area (TPSA) is 45.7 Å². The van der Waals surface area contributed by atoms with Crippen LogP contribution in [0.1, 0.15) is 27.8 Å². The quantitative estimate of drug-likeness (QED) is 0.860. The van der Waals surface area contributed by atoms with Crippen LogP contribution in [-0.2, 0) is 4.74 Å². The summed E-state index contributed by atoms with van der Waals surface area (Å²) < 4.78 is 19.7. The highest BCUT2D eigenvalue weighted by Gasteiger charge is 2.28. The van der Waals surface area contributed by atoms with E-state index in [1.807, 2.05) is 38.1 Å². The van der Waals surface area contributed by atoms with Gasteiger partial charge in [-0.1, -0.05) is 12.1 Å². The Morgan fingerprint density at radius 2 is 2.08 bits per heavy atom. The maximum Gasteiger partial charge on any atom is 0.257 e. The number of rotatable bonds is 3. The number of hydrogen-bond acceptors (Lipinski definition) is 4. The Morgan fingerprint density at radius 3 is 2.80 bits per heavy atom. The Labute approximate surface area is 147 Å². The second-order valence-electron chi connectivity index (χ2n) is 6.38. The number of carbonyl (C=O) groups excluding carboxylic acids is 1. The van der Waals surface area contributed by atoms with Crippen molar-refractivity contribution < 1.29 is 13.9 Å². The summed E-state index contributed by atoms with van der Waals surface area (Å²) in [6.07, 6.45) is -0.317. The fourth-order valence-electron chi connectivity index (χ4n) is 2.92. The number of aryl methyl sites for hydroxylation is 1. The molecule has 25 heavy (non-hydrogen) atoms. The van der Waals surface area contributed by atoms with Gasteiger partial charge < -0.3 is 14.5 Å². The van der Waals surface area contributed by atoms with Crippen LogP contribution < -0.4 is 4.90 Å². The van der Waals surface area contributed by atoms with Crippen molar-refractivity contribution in [2.75, 3.05) is 38.7 Å². The van der Waals surface area contributed by atoms with E-state index in [2.05, 4.69) is 4.98 Å². The van der Waals surface area contributed by atoms with Gasteiger partial charge in [0.2, 0.25) is 0 Å². The van der Waals surface area contributed by atoms with Gasteiger partial charge in [-0.15, -0.1) is 0 Å². The number of benzene rings is 1. The van der Waals surface area contributed by atoms with Crippen molar-refractivity contribution >= 4 is 11.6 Å². The maximum atomic E-state index is 13.9. The Bertz CT molecular complexity index is 779. The van der Waals surface area contributed by atoms with Gasteiger partial charge in [0.25, 0.3) is 5.91 Å². The predicted octanol–water partition coefficient (Wildman–Crippen LogP) is 2.81. The molecule has 6 heteroatoms. The average molecular weight is 343 g/mol. The number of anilines is 1. The number of pyridine rings is 1. The number of aromatic nitrogens is 1. The molecule has 2 aromatic rings. The Balaban J connectivity index is 1.82. The molecule has 1 atom stereocenters. The molecule has 0 spiro atoms. The second kappa shape index (κ2) is 7.19. The summed E-state index contributed by atoms with van der Waals surface area (Å²) in [5, 5.41) is 0. The molecule has 1 amide bonds. The summed E-state index contributed by atoms with van der Waals surface area (Å²) in [5.41, 5.74) is 2.80. The molecule has 132 valence electrons. The lowest BCUT2D eigenvalue weighted by Crippen LogP contribution is -2.42. The molecule has 1 aromatic heterocycles. The lowest BCUT2D eigenvalue weighted by molar-refractivity contribution is -0.0249. The first-order valence-corrected chi connectivity index (χ1v) is 8.27. The molecular formula is C19H22FN3O2. The van der Waals surface area contributed by atoms with Crippen LogP contribution in [-0.4, -0.2) is 49.6 Å². The van der Waals surface area contributed by atoms with E-state index >= 15 is 0 Å². The lowest BCUT2D eigenvalue weighted by Gasteiger charge is -2.33. The van der Waals surface area contributed by atoms with E-state index in [0.29, 0.717) is 19.7 Å². The zero-order valence-electron chi connectivity index (χ0n) is 14.7. The van der Waals surface area contributed by atoms with Crippen LogP contribution >= 0.6 is 0 Å². The van der Waals surface area contributed by atoms with E-state index in [4.69, 9.17) is 4.74 Å². The molecule has 1 fully saturated rings. The first-order chi connectivity index (χ1) is 12.0. The molecule has 0 unspecified atom stereocenters. The zero-order chi connectivity index (χ0) is 18.0. The van der Waals surface area contributed by atoms with Crippen molar-refractivity contribution in [2.45, 2.75) is 13.0 Å². The van der Waals surface area contributed by atoms with Crippen LogP contribution in [0, 0.1) is 12.7 Å². The van der Waals surface area contributed by atoms with E-state index in [-0.39, 0.29) is 17.6 Å². The molecule has 0 saturated carbocycles. The first kappa shape index (κ1) is 17.4. The molecule has 3 rings (SSSR count). The van der Waals surface area contributed by atoms with Gasteiger partial charge in [0.1, 0.15) is 11.9 Å². The van der Waals surface area contributed by atoms with E-state index in [9.17, 15) is 9.18 Å². The third-order valence-electron chi connectivity index (χ3n) is 4.26. The minimum Gasteiger partial charge on any atom is -0.378 e. The van der Waals surface area contributed by atoms with Crippen molar-refractivity contribution in [2.24, 2.45) is 0 Å². The van der Waals surface area contributed by atoms with Crippen molar-refractivity contribution in [3.05, 3.63) is 59.2 Å². The summed E-state index contributed by atoms with van der Waals surface area (Å²) in [7, 11) is 3.93. The summed E-state index contributed by atoms with van der Waals surface area (Å²) in [6, 6.07) is 10.0. The second-order valence-corrected chi connectivity index (χ2v) is 6.38. The van der Waals surface area contributed by atoms with Gasteiger partial charge in [0.15, 0.2) is 0 Å². The third kappa shape index (κ3) is 3.79. The van der Waals surface area contributed by atoms with Crippen LogP contribution in [0.3, 0.4) is 0 Å². The number of hydrogen-bond donors (Lipinski definition) is 0. The fraction of sp³-hybridized carbons (Fsp3) is 0.368. The van der Waals surface area contributed by atoms with Crippen LogP contribution in [0.15, 0.2) is 36.4 Å². The Kier molecular flexibility index (Phi) is 4.99. The fourth-order valence-corrected chi connectivity index (χ4v) is 2.92. The normalized spacial score (nSPS) is 17.4. The van der Waals surface area contributed by atoms with Crippen LogP contribution in [0.25, 0.3) is 0 Å². The molecule has 0 aliphatic carbocycles. The summed E-state index contributed by atoms with van der Waals surface area (Å²) in [6.45, 7) is 3.13. The molecular weight excluding hydrogens is 321 g/mol. The summed E-state index contributed by atoms with van der Waals surface area (Å²) in [5.74, 6) is -0.814. The minimum absolute atomic E-state index is 0.0920. The number of nitrogens with zero attached hydrogens (tertiary/aromatic N) is 3. The number of ether oxygens (including phenoxy) is 1. The average Bonchev–Trinajstić information content (AvgIpc) is 2.61. The zero-order valence-corrected chi connectivity index (χ0v) is 14.7. The molecule has 0 radical (unpaired) electrons. The number of halogens is 1. The van der Waals surface area contributed by atoms with E-state index in [1.165, 1.54) is 12.1 Å². The molecule has 2 heterocycles. The third-order valence-corrected chi connectivity index (χ3v) is 4.26. The van der Waals surface area contributed by atoms with Gasteiger partial charge in [-0.25, -0.2) is 4.39 Å². The standard InChI is InChI=1S/C19H22FN3O2/c1-13-10-14(22(2)3)11-17(21-13)18-12-23(8-9-25-18)19(24)15-6-4-5-7-16(15)20/h4-7,10-11,18H,8-9,12H2,1-3H3/t18-/m0/s1. The van der Waals surface area contributed by atoms with Crippen molar-refractivity contribution in [1.82, 2.24) is 9.88 Å². The molecule has 1 aromatic carbocycles. The van der Waals surface area contributed by atoms with Gasteiger partial charge >= 0.3 is 0 Å². The van der Waals surface area contributed by atoms with E-state index in [0.717, 1.165) is 17.1 Å². The molecule has 0 N–H and O–H groups in total. The maximum absolute atomic E-state index is 13.9. The first-order valence-electron chi connectivity index (χ1n) is 8.27. The van der Waals surface area contributed by atoms with Gasteiger partial charge in [-0.05, 0) is 31.2 Å². The SMILES string of the molecule is Cc1cc(N(C)C)cc([C@@H]2CN(C(=O)c3ccccc3F)CCO2)n1. The van der Waals surface area contributed by atoms with Crippen molar-refractivity contribution in [3.63, 3.8) is 0 Å². The molecule has 5 nitrogen and oxygen atoms in total. The highest BCUT2D eigenvalue weighted by Crippen LogP contribution is 2.26. The van der Waals surface area contributed by atoms with Gasteiger partial charge in [0.05, 0.1) is 24.4 Å².